The fourth-order valence-corrected chi connectivity index (χ4v) is 3.81. The maximum atomic E-state index is 13.3. The largest absolute Gasteiger partial charge is 0.335 e. The van der Waals surface area contributed by atoms with Crippen LogP contribution in [0.25, 0.3) is 11.1 Å². The summed E-state index contributed by atoms with van der Waals surface area (Å²) in [4.78, 5) is 14.6. The van der Waals surface area contributed by atoms with Crippen molar-refractivity contribution in [3.63, 3.8) is 0 Å². The molecule has 1 saturated heterocycles. The number of fused-ring (bicyclic) bond motifs is 2. The number of hydrogen-bond acceptors (Lipinski definition) is 1. The van der Waals surface area contributed by atoms with E-state index < -0.39 is 0 Å². The summed E-state index contributed by atoms with van der Waals surface area (Å²) in [6, 6.07) is 14.5. The Labute approximate surface area is 129 Å². The molecular weight excluding hydrogens is 277 g/mol. The number of likely N-dealkylation sites (tertiary alicyclic amines) is 1. The molecule has 2 fully saturated rings. The molecule has 2 nitrogen and oxygen atoms in total. The maximum Gasteiger partial charge on any atom is 0.254 e. The molecule has 1 aliphatic heterocycles. The van der Waals surface area contributed by atoms with Gasteiger partial charge in [0.15, 0.2) is 0 Å². The molecule has 0 radical (unpaired) electrons. The third-order valence-electron chi connectivity index (χ3n) is 4.96. The van der Waals surface area contributed by atoms with Crippen LogP contribution in [-0.2, 0) is 0 Å². The zero-order valence-corrected chi connectivity index (χ0v) is 12.3. The lowest BCUT2D eigenvalue weighted by Crippen LogP contribution is -2.37. The summed E-state index contributed by atoms with van der Waals surface area (Å²) in [6.45, 7) is 0.912. The highest BCUT2D eigenvalue weighted by molar-refractivity contribution is 5.95. The van der Waals surface area contributed by atoms with E-state index in [1.165, 1.54) is 25.0 Å². The minimum Gasteiger partial charge on any atom is -0.335 e. The number of nitrogens with zero attached hydrogens (tertiary/aromatic N) is 1. The Kier molecular flexibility index (Phi) is 3.21. The standard InChI is InChI=1S/C19H18FNO/c20-17-3-1-2-16(11-17)14-5-7-15(8-6-14)19(22)21-12-13-4-9-18(21)10-13/h1-3,5-8,11,13,18H,4,9-10,12H2/t13-,18-/m0/s1. The normalized spacial score (nSPS) is 23.0. The number of carbonyl (C=O) groups excluding carboxylic acids is 1. The van der Waals surface area contributed by atoms with Gasteiger partial charge in [-0.2, -0.15) is 0 Å². The van der Waals surface area contributed by atoms with Crippen LogP contribution in [0.3, 0.4) is 0 Å². The zero-order valence-electron chi connectivity index (χ0n) is 12.3. The van der Waals surface area contributed by atoms with Crippen LogP contribution in [0.1, 0.15) is 29.6 Å². The number of rotatable bonds is 2. The molecule has 1 heterocycles. The van der Waals surface area contributed by atoms with Gasteiger partial charge < -0.3 is 4.90 Å². The third kappa shape index (κ3) is 2.31. The topological polar surface area (TPSA) is 20.3 Å². The first-order valence-corrected chi connectivity index (χ1v) is 7.88. The second kappa shape index (κ2) is 5.24. The van der Waals surface area contributed by atoms with Gasteiger partial charge >= 0.3 is 0 Å². The molecule has 0 spiro atoms. The van der Waals surface area contributed by atoms with Crippen LogP contribution >= 0.6 is 0 Å². The fraction of sp³-hybridized carbons (Fsp3) is 0.316. The van der Waals surface area contributed by atoms with E-state index in [-0.39, 0.29) is 11.7 Å². The van der Waals surface area contributed by atoms with Crippen molar-refractivity contribution >= 4 is 5.91 Å². The smallest absolute Gasteiger partial charge is 0.254 e. The number of piperidine rings is 1. The molecule has 1 aliphatic carbocycles. The van der Waals surface area contributed by atoms with Gasteiger partial charge in [-0.05, 0) is 60.6 Å². The summed E-state index contributed by atoms with van der Waals surface area (Å²) in [5.41, 5.74) is 2.49. The third-order valence-corrected chi connectivity index (χ3v) is 4.96. The van der Waals surface area contributed by atoms with Crippen molar-refractivity contribution in [2.24, 2.45) is 5.92 Å². The van der Waals surface area contributed by atoms with E-state index in [0.29, 0.717) is 12.0 Å². The van der Waals surface area contributed by atoms with Gasteiger partial charge in [0.05, 0.1) is 0 Å². The lowest BCUT2D eigenvalue weighted by atomic mass is 10.0. The van der Waals surface area contributed by atoms with Gasteiger partial charge in [-0.25, -0.2) is 4.39 Å². The monoisotopic (exact) mass is 295 g/mol. The molecule has 4 rings (SSSR count). The molecule has 2 aromatic carbocycles. The molecule has 2 aliphatic rings. The van der Waals surface area contributed by atoms with Gasteiger partial charge in [-0.15, -0.1) is 0 Å². The van der Waals surface area contributed by atoms with E-state index in [0.717, 1.165) is 29.7 Å². The van der Waals surface area contributed by atoms with Crippen molar-refractivity contribution in [1.82, 2.24) is 4.90 Å². The second-order valence-electron chi connectivity index (χ2n) is 6.38. The fourth-order valence-electron chi connectivity index (χ4n) is 3.81. The molecule has 112 valence electrons. The molecule has 2 atom stereocenters. The quantitative estimate of drug-likeness (QED) is 0.816. The Bertz CT molecular complexity index is 710. The Morgan fingerprint density at radius 1 is 1.05 bits per heavy atom. The van der Waals surface area contributed by atoms with Gasteiger partial charge in [0.1, 0.15) is 5.82 Å². The molecule has 1 saturated carbocycles. The van der Waals surface area contributed by atoms with Crippen molar-refractivity contribution < 1.29 is 9.18 Å². The molecule has 2 aromatic rings. The van der Waals surface area contributed by atoms with E-state index in [9.17, 15) is 9.18 Å². The average molecular weight is 295 g/mol. The summed E-state index contributed by atoms with van der Waals surface area (Å²) in [5.74, 6) is 0.601. The summed E-state index contributed by atoms with van der Waals surface area (Å²) in [6.07, 6.45) is 3.60. The Hall–Kier alpha value is -2.16. The minimum atomic E-state index is -0.245. The number of hydrogen-bond donors (Lipinski definition) is 0. The number of carbonyl (C=O) groups is 1. The van der Waals surface area contributed by atoms with E-state index in [1.807, 2.05) is 35.2 Å². The zero-order chi connectivity index (χ0) is 15.1. The maximum absolute atomic E-state index is 13.3. The Morgan fingerprint density at radius 3 is 2.50 bits per heavy atom. The molecule has 0 aromatic heterocycles. The molecule has 3 heteroatoms. The molecule has 0 unspecified atom stereocenters. The van der Waals surface area contributed by atoms with E-state index in [2.05, 4.69) is 0 Å². The Balaban J connectivity index is 1.56. The highest BCUT2D eigenvalue weighted by atomic mass is 19.1. The van der Waals surface area contributed by atoms with Gasteiger partial charge in [0.25, 0.3) is 5.91 Å². The predicted molar refractivity (Wildman–Crippen MR) is 84.0 cm³/mol. The molecular formula is C19H18FNO. The van der Waals surface area contributed by atoms with Crippen LogP contribution in [0.5, 0.6) is 0 Å². The molecule has 22 heavy (non-hydrogen) atoms. The van der Waals surface area contributed by atoms with Crippen LogP contribution in [0, 0.1) is 11.7 Å². The van der Waals surface area contributed by atoms with Crippen LogP contribution in [-0.4, -0.2) is 23.4 Å². The average Bonchev–Trinajstić information content (AvgIpc) is 3.17. The van der Waals surface area contributed by atoms with Crippen LogP contribution < -0.4 is 0 Å². The lowest BCUT2D eigenvalue weighted by molar-refractivity contribution is 0.0703. The molecule has 2 bridgehead atoms. The van der Waals surface area contributed by atoms with E-state index in [1.54, 1.807) is 6.07 Å². The van der Waals surface area contributed by atoms with Crippen LogP contribution in [0.15, 0.2) is 48.5 Å². The summed E-state index contributed by atoms with van der Waals surface area (Å²) < 4.78 is 13.3. The number of halogens is 1. The first-order chi connectivity index (χ1) is 10.7. The van der Waals surface area contributed by atoms with Crippen molar-refractivity contribution in [2.45, 2.75) is 25.3 Å². The van der Waals surface area contributed by atoms with Gasteiger partial charge in [-0.3, -0.25) is 4.79 Å². The minimum absolute atomic E-state index is 0.137. The summed E-state index contributed by atoms with van der Waals surface area (Å²) >= 11 is 0. The number of benzene rings is 2. The van der Waals surface area contributed by atoms with Gasteiger partial charge in [0, 0.05) is 18.2 Å². The van der Waals surface area contributed by atoms with Crippen LogP contribution in [0.4, 0.5) is 4.39 Å². The lowest BCUT2D eigenvalue weighted by Gasteiger charge is -2.27. The summed E-state index contributed by atoms with van der Waals surface area (Å²) in [7, 11) is 0. The number of amides is 1. The second-order valence-corrected chi connectivity index (χ2v) is 6.38. The van der Waals surface area contributed by atoms with Crippen molar-refractivity contribution in [2.75, 3.05) is 6.54 Å². The molecule has 1 amide bonds. The van der Waals surface area contributed by atoms with Gasteiger partial charge in [0.2, 0.25) is 0 Å². The highest BCUT2D eigenvalue weighted by Gasteiger charge is 2.40. The van der Waals surface area contributed by atoms with E-state index in [4.69, 9.17) is 0 Å². The van der Waals surface area contributed by atoms with Crippen molar-refractivity contribution in [1.29, 1.82) is 0 Å². The van der Waals surface area contributed by atoms with Crippen molar-refractivity contribution in [3.05, 3.63) is 59.9 Å². The first-order valence-electron chi connectivity index (χ1n) is 7.88. The Morgan fingerprint density at radius 2 is 1.86 bits per heavy atom. The van der Waals surface area contributed by atoms with E-state index >= 15 is 0 Å². The SMILES string of the molecule is O=C(c1ccc(-c2cccc(F)c2)cc1)N1C[C@H]2CC[C@H]1C2. The highest BCUT2D eigenvalue weighted by Crippen LogP contribution is 2.38. The molecule has 0 N–H and O–H groups in total. The van der Waals surface area contributed by atoms with Crippen LogP contribution in [0.2, 0.25) is 0 Å². The summed E-state index contributed by atoms with van der Waals surface area (Å²) in [5, 5.41) is 0. The van der Waals surface area contributed by atoms with Crippen molar-refractivity contribution in [3.8, 4) is 11.1 Å². The predicted octanol–water partition coefficient (Wildman–Crippen LogP) is 4.12. The van der Waals surface area contributed by atoms with Gasteiger partial charge in [-0.1, -0.05) is 24.3 Å². The first kappa shape index (κ1) is 13.5.